The monoisotopic (exact) mass is 340 g/mol. The number of carbonyl (C=O) groups is 1. The highest BCUT2D eigenvalue weighted by Gasteiger charge is 2.21. The lowest BCUT2D eigenvalue weighted by Gasteiger charge is -2.27. The molecule has 2 aromatic rings. The van der Waals surface area contributed by atoms with Crippen LogP contribution < -0.4 is 10.6 Å². The van der Waals surface area contributed by atoms with E-state index in [1.54, 1.807) is 6.07 Å². The molecule has 1 aliphatic rings. The smallest absolute Gasteiger partial charge is 0.253 e. The Hall–Kier alpha value is -1.07. The minimum atomic E-state index is -0.187. The van der Waals surface area contributed by atoms with Gasteiger partial charge in [-0.1, -0.05) is 47.5 Å². The number of fused-ring (bicyclic) bond motifs is 1. The predicted molar refractivity (Wildman–Crippen MR) is 87.6 cm³/mol. The lowest BCUT2D eigenvalue weighted by molar-refractivity contribution is 0.0949. The van der Waals surface area contributed by atoms with Gasteiger partial charge in [-0.25, -0.2) is 0 Å². The van der Waals surface area contributed by atoms with Gasteiger partial charge in [0.2, 0.25) is 0 Å². The maximum atomic E-state index is 12.2. The molecule has 1 aliphatic heterocycles. The zero-order chi connectivity index (χ0) is 14.8. The maximum Gasteiger partial charge on any atom is 0.253 e. The van der Waals surface area contributed by atoms with Gasteiger partial charge in [0.1, 0.15) is 4.34 Å². The summed E-state index contributed by atoms with van der Waals surface area (Å²) in [7, 11) is 0. The number of hydrogen-bond acceptors (Lipinski definition) is 3. The predicted octanol–water partition coefficient (Wildman–Crippen LogP) is 3.67. The van der Waals surface area contributed by atoms with Gasteiger partial charge in [-0.2, -0.15) is 0 Å². The third kappa shape index (κ3) is 3.24. The van der Waals surface area contributed by atoms with Gasteiger partial charge in [0.25, 0.3) is 5.91 Å². The molecule has 1 atom stereocenters. The molecule has 0 fully saturated rings. The van der Waals surface area contributed by atoms with Gasteiger partial charge in [-0.05, 0) is 30.2 Å². The number of nitrogens with one attached hydrogen (secondary N) is 2. The Morgan fingerprint density at radius 2 is 2.19 bits per heavy atom. The summed E-state index contributed by atoms with van der Waals surface area (Å²) in [5.41, 5.74) is 3.03. The van der Waals surface area contributed by atoms with E-state index in [4.69, 9.17) is 23.2 Å². The van der Waals surface area contributed by atoms with Crippen molar-refractivity contribution in [2.24, 2.45) is 0 Å². The maximum absolute atomic E-state index is 12.2. The zero-order valence-corrected chi connectivity index (χ0v) is 13.5. The van der Waals surface area contributed by atoms with E-state index in [2.05, 4.69) is 22.8 Å². The fourth-order valence-corrected chi connectivity index (χ4v) is 4.02. The Labute approximate surface area is 137 Å². The van der Waals surface area contributed by atoms with Crippen molar-refractivity contribution in [2.45, 2.75) is 12.5 Å². The average molecular weight is 341 g/mol. The average Bonchev–Trinajstić information content (AvgIpc) is 2.83. The van der Waals surface area contributed by atoms with Crippen LogP contribution in [-0.4, -0.2) is 19.0 Å². The summed E-state index contributed by atoms with van der Waals surface area (Å²) in [4.78, 5) is 12.2. The fourth-order valence-electron chi connectivity index (χ4n) is 2.56. The highest BCUT2D eigenvalue weighted by atomic mass is 35.5. The van der Waals surface area contributed by atoms with Gasteiger partial charge in [-0.3, -0.25) is 4.79 Å². The van der Waals surface area contributed by atoms with E-state index in [9.17, 15) is 4.79 Å². The number of hydrogen-bond donors (Lipinski definition) is 2. The summed E-state index contributed by atoms with van der Waals surface area (Å²) in [5, 5.41) is 6.36. The Balaban J connectivity index is 1.69. The van der Waals surface area contributed by atoms with Gasteiger partial charge in [0, 0.05) is 12.6 Å². The molecular weight excluding hydrogens is 327 g/mol. The summed E-state index contributed by atoms with van der Waals surface area (Å²) in [6.45, 7) is 1.45. The molecule has 0 radical (unpaired) electrons. The second-order valence-corrected chi connectivity index (χ2v) is 7.19. The topological polar surface area (TPSA) is 41.1 Å². The third-order valence-corrected chi connectivity index (χ3v) is 5.07. The molecule has 3 nitrogen and oxygen atoms in total. The lowest BCUT2D eigenvalue weighted by atomic mass is 9.94. The quantitative estimate of drug-likeness (QED) is 0.894. The summed E-state index contributed by atoms with van der Waals surface area (Å²) >= 11 is 13.1. The van der Waals surface area contributed by atoms with Crippen molar-refractivity contribution in [3.05, 3.63) is 55.7 Å². The molecule has 0 saturated heterocycles. The Morgan fingerprint density at radius 1 is 1.38 bits per heavy atom. The minimum Gasteiger partial charge on any atom is -0.350 e. The van der Waals surface area contributed by atoms with E-state index in [1.165, 1.54) is 22.5 Å². The molecule has 110 valence electrons. The number of rotatable bonds is 3. The fraction of sp³-hybridized carbons (Fsp3) is 0.267. The first-order valence-electron chi connectivity index (χ1n) is 6.69. The normalized spacial score (nSPS) is 17.3. The van der Waals surface area contributed by atoms with Gasteiger partial charge >= 0.3 is 0 Å². The molecule has 0 bridgehead atoms. The van der Waals surface area contributed by atoms with E-state index < -0.39 is 0 Å². The molecule has 0 aliphatic carbocycles. The first kappa shape index (κ1) is 14.9. The first-order valence-corrected chi connectivity index (χ1v) is 8.26. The van der Waals surface area contributed by atoms with Crippen LogP contribution in [0.15, 0.2) is 30.3 Å². The number of thiophene rings is 1. The minimum absolute atomic E-state index is 0.131. The molecule has 6 heteroatoms. The standard InChI is InChI=1S/C15H14Cl2N2OS/c16-13-7-11(14(17)21-13)15(20)19-8-12-10-4-2-1-3-9(10)5-6-18-12/h1-4,7,12,18H,5-6,8H2,(H,19,20). The SMILES string of the molecule is O=C(NCC1NCCc2ccccc21)c1cc(Cl)sc1Cl. The van der Waals surface area contributed by atoms with Crippen LogP contribution in [0.5, 0.6) is 0 Å². The van der Waals surface area contributed by atoms with Crippen molar-refractivity contribution in [1.82, 2.24) is 10.6 Å². The number of benzene rings is 1. The summed E-state index contributed by atoms with van der Waals surface area (Å²) in [6, 6.07) is 10.1. The van der Waals surface area contributed by atoms with E-state index in [0.717, 1.165) is 13.0 Å². The van der Waals surface area contributed by atoms with Crippen LogP contribution in [0.1, 0.15) is 27.5 Å². The molecular formula is C15H14Cl2N2OS. The van der Waals surface area contributed by atoms with Crippen molar-refractivity contribution in [2.75, 3.05) is 13.1 Å². The Kier molecular flexibility index (Phi) is 4.50. The van der Waals surface area contributed by atoms with Crippen LogP contribution >= 0.6 is 34.5 Å². The van der Waals surface area contributed by atoms with Crippen LogP contribution in [0.25, 0.3) is 0 Å². The van der Waals surface area contributed by atoms with Crippen LogP contribution in [0.3, 0.4) is 0 Å². The molecule has 2 heterocycles. The lowest BCUT2D eigenvalue weighted by Crippen LogP contribution is -2.38. The van der Waals surface area contributed by atoms with Crippen molar-refractivity contribution in [1.29, 1.82) is 0 Å². The number of halogens is 2. The van der Waals surface area contributed by atoms with Crippen molar-refractivity contribution in [3.63, 3.8) is 0 Å². The van der Waals surface area contributed by atoms with E-state index in [-0.39, 0.29) is 11.9 Å². The van der Waals surface area contributed by atoms with Crippen LogP contribution in [0.2, 0.25) is 8.67 Å². The molecule has 0 saturated carbocycles. The molecule has 1 unspecified atom stereocenters. The Bertz CT molecular complexity index is 671. The summed E-state index contributed by atoms with van der Waals surface area (Å²) < 4.78 is 0.945. The van der Waals surface area contributed by atoms with Crippen LogP contribution in [-0.2, 0) is 6.42 Å². The van der Waals surface area contributed by atoms with Gasteiger partial charge in [0.15, 0.2) is 0 Å². The van der Waals surface area contributed by atoms with E-state index >= 15 is 0 Å². The summed E-state index contributed by atoms with van der Waals surface area (Å²) in [6.07, 6.45) is 1.02. The number of amides is 1. The van der Waals surface area contributed by atoms with Crippen molar-refractivity contribution < 1.29 is 4.79 Å². The Morgan fingerprint density at radius 3 is 2.95 bits per heavy atom. The van der Waals surface area contributed by atoms with Crippen molar-refractivity contribution in [3.8, 4) is 0 Å². The van der Waals surface area contributed by atoms with Crippen LogP contribution in [0.4, 0.5) is 0 Å². The molecule has 1 aromatic heterocycles. The number of carbonyl (C=O) groups excluding carboxylic acids is 1. The zero-order valence-electron chi connectivity index (χ0n) is 11.2. The molecule has 1 amide bonds. The summed E-state index contributed by atoms with van der Waals surface area (Å²) in [5.74, 6) is -0.187. The largest absolute Gasteiger partial charge is 0.350 e. The molecule has 0 spiro atoms. The second kappa shape index (κ2) is 6.36. The molecule has 3 rings (SSSR count). The first-order chi connectivity index (χ1) is 10.1. The molecule has 2 N–H and O–H groups in total. The highest BCUT2D eigenvalue weighted by molar-refractivity contribution is 7.20. The highest BCUT2D eigenvalue weighted by Crippen LogP contribution is 2.31. The van der Waals surface area contributed by atoms with Crippen molar-refractivity contribution >= 4 is 40.4 Å². The van der Waals surface area contributed by atoms with E-state index in [0.29, 0.717) is 20.8 Å². The molecule has 1 aromatic carbocycles. The van der Waals surface area contributed by atoms with Gasteiger partial charge in [-0.15, -0.1) is 11.3 Å². The van der Waals surface area contributed by atoms with Gasteiger partial charge < -0.3 is 10.6 Å². The third-order valence-electron chi connectivity index (χ3n) is 3.58. The van der Waals surface area contributed by atoms with E-state index in [1.807, 2.05) is 12.1 Å². The van der Waals surface area contributed by atoms with Gasteiger partial charge in [0.05, 0.1) is 9.90 Å². The van der Waals surface area contributed by atoms with Crippen LogP contribution in [0, 0.1) is 0 Å². The second-order valence-electron chi connectivity index (χ2n) is 4.90. The molecule has 21 heavy (non-hydrogen) atoms.